The lowest BCUT2D eigenvalue weighted by molar-refractivity contribution is -0.129. The van der Waals surface area contributed by atoms with E-state index in [2.05, 4.69) is 10.3 Å². The molecule has 0 bridgehead atoms. The number of benzene rings is 1. The first-order valence-electron chi connectivity index (χ1n) is 8.49. The molecule has 2 atom stereocenters. The monoisotopic (exact) mass is 342 g/mol. The van der Waals surface area contributed by atoms with E-state index in [9.17, 15) is 4.79 Å². The van der Waals surface area contributed by atoms with Gasteiger partial charge in [-0.3, -0.25) is 4.79 Å². The minimum Gasteiger partial charge on any atom is -0.489 e. The predicted octanol–water partition coefficient (Wildman–Crippen LogP) is 3.86. The van der Waals surface area contributed by atoms with Crippen molar-refractivity contribution in [3.05, 3.63) is 41.6 Å². The second-order valence-electron chi connectivity index (χ2n) is 5.59. The van der Waals surface area contributed by atoms with Crippen LogP contribution < -0.4 is 14.8 Å². The maximum absolute atomic E-state index is 10.5. The molecule has 1 aromatic carbocycles. The number of carbonyl (C=O) groups is 1. The van der Waals surface area contributed by atoms with Crippen molar-refractivity contribution in [3.63, 3.8) is 0 Å². The summed E-state index contributed by atoms with van der Waals surface area (Å²) in [6.07, 6.45) is 3.10. The zero-order valence-corrected chi connectivity index (χ0v) is 14.6. The van der Waals surface area contributed by atoms with Crippen molar-refractivity contribution in [2.24, 2.45) is 0 Å². The Labute approximate surface area is 147 Å². The molecule has 132 valence electrons. The van der Waals surface area contributed by atoms with Crippen molar-refractivity contribution in [1.29, 1.82) is 0 Å². The molecule has 0 saturated heterocycles. The van der Waals surface area contributed by atoms with E-state index < -0.39 is 0 Å². The average molecular weight is 342 g/mol. The first kappa shape index (κ1) is 17.1. The fraction of sp³-hybridized carbons (Fsp3) is 0.368. The highest BCUT2D eigenvalue weighted by molar-refractivity contribution is 5.55. The fourth-order valence-corrected chi connectivity index (χ4v) is 2.95. The summed E-state index contributed by atoms with van der Waals surface area (Å²) in [5.74, 6) is 3.43. The van der Waals surface area contributed by atoms with Gasteiger partial charge in [0.2, 0.25) is 0 Å². The molecule has 1 aliphatic heterocycles. The number of rotatable bonds is 6. The van der Waals surface area contributed by atoms with Gasteiger partial charge in [0, 0.05) is 24.7 Å². The topological polar surface area (TPSA) is 69.7 Å². The van der Waals surface area contributed by atoms with E-state index in [0.717, 1.165) is 17.9 Å². The quantitative estimate of drug-likeness (QED) is 0.804. The summed E-state index contributed by atoms with van der Waals surface area (Å²) in [5.41, 5.74) is 1.91. The van der Waals surface area contributed by atoms with Crippen LogP contribution in [0.15, 0.2) is 30.5 Å². The third-order valence-corrected chi connectivity index (χ3v) is 4.16. The van der Waals surface area contributed by atoms with E-state index >= 15 is 0 Å². The molecule has 1 N–H and O–H groups in total. The predicted molar refractivity (Wildman–Crippen MR) is 94.3 cm³/mol. The van der Waals surface area contributed by atoms with E-state index in [1.165, 1.54) is 5.56 Å². The Balaban J connectivity index is 0.000000880. The Hall–Kier alpha value is -2.76. The van der Waals surface area contributed by atoms with E-state index in [4.69, 9.17) is 14.2 Å². The Morgan fingerprint density at radius 2 is 2.20 bits per heavy atom. The van der Waals surface area contributed by atoms with Gasteiger partial charge in [0.25, 0.3) is 6.47 Å². The minimum absolute atomic E-state index is 0.0988. The molecule has 6 nitrogen and oxygen atoms in total. The number of hydrogen-bond donors (Lipinski definition) is 1. The van der Waals surface area contributed by atoms with Crippen molar-refractivity contribution in [1.82, 2.24) is 4.98 Å². The molecule has 1 saturated carbocycles. The van der Waals surface area contributed by atoms with Crippen LogP contribution in [0, 0.1) is 0 Å². The molecule has 0 spiro atoms. The lowest BCUT2D eigenvalue weighted by atomic mass is 10.1. The van der Waals surface area contributed by atoms with E-state index in [1.807, 2.05) is 32.0 Å². The third-order valence-electron chi connectivity index (χ3n) is 4.16. The summed E-state index contributed by atoms with van der Waals surface area (Å²) in [6.45, 7) is 4.51. The fourth-order valence-electron chi connectivity index (χ4n) is 2.95. The van der Waals surface area contributed by atoms with Crippen molar-refractivity contribution in [2.45, 2.75) is 38.9 Å². The van der Waals surface area contributed by atoms with Crippen LogP contribution in [0.1, 0.15) is 37.3 Å². The zero-order chi connectivity index (χ0) is 17.8. The molecule has 2 aromatic rings. The van der Waals surface area contributed by atoms with Gasteiger partial charge in [-0.25, -0.2) is 4.98 Å². The third kappa shape index (κ3) is 3.38. The highest BCUT2D eigenvalue weighted by Crippen LogP contribution is 2.54. The summed E-state index contributed by atoms with van der Waals surface area (Å²) in [4.78, 5) is 14.7. The van der Waals surface area contributed by atoms with Crippen molar-refractivity contribution in [3.8, 4) is 17.2 Å². The second-order valence-corrected chi connectivity index (χ2v) is 5.59. The smallest absolute Gasteiger partial charge is 0.293 e. The molecule has 2 heterocycles. The Kier molecular flexibility index (Phi) is 5.07. The Bertz CT molecular complexity index is 763. The zero-order valence-electron chi connectivity index (χ0n) is 14.6. The van der Waals surface area contributed by atoms with Crippen LogP contribution in [0.3, 0.4) is 0 Å². The van der Waals surface area contributed by atoms with Crippen LogP contribution in [0.5, 0.6) is 17.2 Å². The summed E-state index contributed by atoms with van der Waals surface area (Å²) < 4.78 is 16.7. The molecule has 25 heavy (non-hydrogen) atoms. The molecular weight excluding hydrogens is 320 g/mol. The number of hydrogen-bond acceptors (Lipinski definition) is 6. The number of nitrogens with zero attached hydrogens (tertiary/aromatic N) is 1. The Morgan fingerprint density at radius 3 is 2.96 bits per heavy atom. The highest BCUT2D eigenvalue weighted by atomic mass is 16.5. The van der Waals surface area contributed by atoms with Crippen molar-refractivity contribution >= 4 is 12.3 Å². The van der Waals surface area contributed by atoms with Gasteiger partial charge in [-0.1, -0.05) is 13.8 Å². The van der Waals surface area contributed by atoms with Crippen LogP contribution in [0.25, 0.3) is 0 Å². The summed E-state index contributed by atoms with van der Waals surface area (Å²) in [5, 5.41) is 2.98. The van der Waals surface area contributed by atoms with Gasteiger partial charge in [-0.2, -0.15) is 0 Å². The van der Waals surface area contributed by atoms with E-state index in [0.29, 0.717) is 35.6 Å². The van der Waals surface area contributed by atoms with Crippen LogP contribution in [-0.2, 0) is 16.1 Å². The number of fused-ring (bicyclic) bond motifs is 3. The van der Waals surface area contributed by atoms with Gasteiger partial charge in [-0.05, 0) is 30.7 Å². The number of pyridine rings is 1. The molecule has 1 aromatic heterocycles. The van der Waals surface area contributed by atoms with Gasteiger partial charge in [0.1, 0.15) is 35.8 Å². The molecular formula is C19H22N2O4. The molecule has 1 aliphatic carbocycles. The van der Waals surface area contributed by atoms with E-state index in [-0.39, 0.29) is 6.61 Å². The standard InChI is InChI=1S/C17H16N2O4.C2H6/c1-18-17-13(8-21-9-20)15(4-5-19-17)22-10-2-3-14-11(6-10)12-7-16(12)23-14;1-2/h2-6,9,12,16H,7-8H2,1H3,(H,18,19);1-2H3. The maximum Gasteiger partial charge on any atom is 0.293 e. The van der Waals surface area contributed by atoms with E-state index in [1.54, 1.807) is 19.3 Å². The number of aromatic nitrogens is 1. The lowest BCUT2D eigenvalue weighted by Gasteiger charge is -2.14. The minimum atomic E-state index is 0.0988. The number of nitrogens with one attached hydrogen (secondary N) is 1. The molecule has 2 unspecified atom stereocenters. The van der Waals surface area contributed by atoms with Crippen molar-refractivity contribution in [2.75, 3.05) is 12.4 Å². The number of carbonyl (C=O) groups excluding carboxylic acids is 1. The SMILES string of the molecule is CC.CNc1nccc(Oc2ccc3c(c2)C2CC2O3)c1COC=O. The number of ether oxygens (including phenoxy) is 3. The summed E-state index contributed by atoms with van der Waals surface area (Å²) in [7, 11) is 1.76. The summed E-state index contributed by atoms with van der Waals surface area (Å²) in [6, 6.07) is 7.61. The normalized spacial score (nSPS) is 18.7. The van der Waals surface area contributed by atoms with Gasteiger partial charge in [0.15, 0.2) is 0 Å². The molecule has 1 fully saturated rings. The number of anilines is 1. The largest absolute Gasteiger partial charge is 0.489 e. The second kappa shape index (κ2) is 7.42. The summed E-state index contributed by atoms with van der Waals surface area (Å²) >= 11 is 0. The van der Waals surface area contributed by atoms with Gasteiger partial charge < -0.3 is 19.5 Å². The van der Waals surface area contributed by atoms with Gasteiger partial charge in [0.05, 0.1) is 5.56 Å². The van der Waals surface area contributed by atoms with Gasteiger partial charge in [-0.15, -0.1) is 0 Å². The molecule has 0 amide bonds. The van der Waals surface area contributed by atoms with Crippen LogP contribution >= 0.6 is 0 Å². The lowest BCUT2D eigenvalue weighted by Crippen LogP contribution is -2.03. The first-order chi connectivity index (χ1) is 12.3. The average Bonchev–Trinajstić information content (AvgIpc) is 3.34. The molecule has 6 heteroatoms. The molecule has 0 radical (unpaired) electrons. The van der Waals surface area contributed by atoms with Crippen LogP contribution in [0.4, 0.5) is 5.82 Å². The maximum atomic E-state index is 10.5. The van der Waals surface area contributed by atoms with Crippen molar-refractivity contribution < 1.29 is 19.0 Å². The van der Waals surface area contributed by atoms with Crippen LogP contribution in [0.2, 0.25) is 0 Å². The Morgan fingerprint density at radius 1 is 1.36 bits per heavy atom. The molecule has 2 aliphatic rings. The van der Waals surface area contributed by atoms with Crippen LogP contribution in [-0.4, -0.2) is 24.6 Å². The van der Waals surface area contributed by atoms with Gasteiger partial charge >= 0.3 is 0 Å². The molecule has 4 rings (SSSR count). The highest BCUT2D eigenvalue weighted by Gasteiger charge is 2.48. The first-order valence-corrected chi connectivity index (χ1v) is 8.49.